The third-order valence-electron chi connectivity index (χ3n) is 4.24. The van der Waals surface area contributed by atoms with Crippen LogP contribution in [-0.2, 0) is 16.4 Å². The van der Waals surface area contributed by atoms with Gasteiger partial charge in [0, 0.05) is 18.0 Å². The van der Waals surface area contributed by atoms with Gasteiger partial charge in [-0.15, -0.1) is 0 Å². The van der Waals surface area contributed by atoms with Crippen LogP contribution in [0.1, 0.15) is 50.3 Å². The molecule has 0 aliphatic heterocycles. The van der Waals surface area contributed by atoms with Crippen molar-refractivity contribution in [2.75, 3.05) is 22.9 Å². The first-order valence-electron chi connectivity index (χ1n) is 9.70. The van der Waals surface area contributed by atoms with Crippen LogP contribution >= 0.6 is 0 Å². The van der Waals surface area contributed by atoms with Gasteiger partial charge in [0.1, 0.15) is 11.6 Å². The molecule has 9 nitrogen and oxygen atoms in total. The van der Waals surface area contributed by atoms with Gasteiger partial charge in [0.2, 0.25) is 21.9 Å². The Hall–Kier alpha value is -2.40. The first-order chi connectivity index (χ1) is 14.0. The molecule has 166 valence electrons. The fraction of sp³-hybridized carbons (Fsp3) is 0.579. The number of aliphatic hydroxyl groups excluding tert-OH is 1. The molecular weight excluding hydrogens is 411 g/mol. The molecular formula is C19H29FN6O3S. The molecule has 0 aromatic carbocycles. The lowest BCUT2D eigenvalue weighted by Crippen LogP contribution is -2.27. The van der Waals surface area contributed by atoms with E-state index in [1.165, 1.54) is 6.07 Å². The minimum atomic E-state index is -3.61. The number of aliphatic hydroxyl groups is 1. The number of hydrogen-bond donors (Lipinski definition) is 3. The summed E-state index contributed by atoms with van der Waals surface area (Å²) in [6.07, 6.45) is 1.88. The maximum absolute atomic E-state index is 14.2. The van der Waals surface area contributed by atoms with Crippen LogP contribution < -0.4 is 10.0 Å². The minimum Gasteiger partial charge on any atom is -0.394 e. The van der Waals surface area contributed by atoms with Crippen LogP contribution in [-0.4, -0.2) is 52.4 Å². The van der Waals surface area contributed by atoms with E-state index in [-0.39, 0.29) is 48.4 Å². The number of aryl methyl sites for hydroxylation is 1. The average Bonchev–Trinajstić information content (AvgIpc) is 2.61. The number of pyridine rings is 1. The molecule has 2 rings (SSSR count). The third-order valence-corrected chi connectivity index (χ3v) is 4.79. The Balaban J connectivity index is 2.34. The molecule has 30 heavy (non-hydrogen) atoms. The molecule has 0 saturated carbocycles. The molecule has 11 heteroatoms. The van der Waals surface area contributed by atoms with Gasteiger partial charge in [-0.3, -0.25) is 9.71 Å². The van der Waals surface area contributed by atoms with Gasteiger partial charge in [0.15, 0.2) is 0 Å². The molecule has 0 radical (unpaired) electrons. The van der Waals surface area contributed by atoms with Crippen molar-refractivity contribution in [1.29, 1.82) is 0 Å². The Kier molecular flexibility index (Phi) is 8.02. The van der Waals surface area contributed by atoms with Gasteiger partial charge in [-0.1, -0.05) is 20.8 Å². The standard InChI is InChI=1S/C19H29FN6O3S/c1-11(2)8-14(10-27)22-18-23-16(24-19(25-18)26-30(5,28)29)9-12(3)17-15(20)7-6-13(4)21-17/h6-7,11-12,14,27H,8-10H2,1-5H3,(H2,22,23,24,25,26). The van der Waals surface area contributed by atoms with Gasteiger partial charge >= 0.3 is 0 Å². The number of nitrogens with one attached hydrogen (secondary N) is 2. The average molecular weight is 441 g/mol. The highest BCUT2D eigenvalue weighted by molar-refractivity contribution is 7.91. The van der Waals surface area contributed by atoms with Gasteiger partial charge in [0.05, 0.1) is 24.6 Å². The van der Waals surface area contributed by atoms with E-state index in [1.54, 1.807) is 19.9 Å². The summed E-state index contributed by atoms with van der Waals surface area (Å²) in [4.78, 5) is 16.9. The Morgan fingerprint density at radius 3 is 2.37 bits per heavy atom. The SMILES string of the molecule is Cc1ccc(F)c(C(C)Cc2nc(NC(CO)CC(C)C)nc(NS(C)(=O)=O)n2)n1. The zero-order valence-electron chi connectivity index (χ0n) is 17.8. The molecule has 2 aromatic rings. The molecule has 0 aliphatic carbocycles. The monoisotopic (exact) mass is 440 g/mol. The predicted octanol–water partition coefficient (Wildman–Crippen LogP) is 2.25. The fourth-order valence-corrected chi connectivity index (χ4v) is 3.42. The summed E-state index contributed by atoms with van der Waals surface area (Å²) in [6.45, 7) is 7.47. The first-order valence-corrected chi connectivity index (χ1v) is 11.6. The van der Waals surface area contributed by atoms with Crippen molar-refractivity contribution in [3.63, 3.8) is 0 Å². The van der Waals surface area contributed by atoms with E-state index in [0.717, 1.165) is 6.26 Å². The largest absolute Gasteiger partial charge is 0.394 e. The zero-order chi connectivity index (χ0) is 22.5. The summed E-state index contributed by atoms with van der Waals surface area (Å²) < 4.78 is 39.7. The van der Waals surface area contributed by atoms with Crippen molar-refractivity contribution in [2.24, 2.45) is 5.92 Å². The molecule has 0 aliphatic rings. The van der Waals surface area contributed by atoms with Crippen LogP contribution in [0.3, 0.4) is 0 Å². The molecule has 0 bridgehead atoms. The van der Waals surface area contributed by atoms with E-state index in [4.69, 9.17) is 0 Å². The van der Waals surface area contributed by atoms with Crippen LogP contribution in [0.15, 0.2) is 12.1 Å². The zero-order valence-corrected chi connectivity index (χ0v) is 18.7. The first kappa shape index (κ1) is 23.9. The second-order valence-electron chi connectivity index (χ2n) is 7.85. The number of nitrogens with zero attached hydrogens (tertiary/aromatic N) is 4. The quantitative estimate of drug-likeness (QED) is 0.513. The Morgan fingerprint density at radius 2 is 1.77 bits per heavy atom. The van der Waals surface area contributed by atoms with Crippen molar-refractivity contribution < 1.29 is 17.9 Å². The summed E-state index contributed by atoms with van der Waals surface area (Å²) in [6, 6.07) is 2.65. The van der Waals surface area contributed by atoms with Crippen molar-refractivity contribution >= 4 is 21.9 Å². The lowest BCUT2D eigenvalue weighted by molar-refractivity contribution is 0.259. The number of aromatic nitrogens is 4. The number of hydrogen-bond acceptors (Lipinski definition) is 8. The maximum atomic E-state index is 14.2. The second kappa shape index (κ2) is 10.1. The molecule has 0 spiro atoms. The van der Waals surface area contributed by atoms with Gasteiger partial charge < -0.3 is 10.4 Å². The number of rotatable bonds is 10. The Labute approximate surface area is 176 Å². The number of anilines is 2. The Bertz CT molecular complexity index is 971. The third kappa shape index (κ3) is 7.45. The Morgan fingerprint density at radius 1 is 1.10 bits per heavy atom. The van der Waals surface area contributed by atoms with Gasteiger partial charge in [-0.2, -0.15) is 15.0 Å². The van der Waals surface area contributed by atoms with E-state index < -0.39 is 15.8 Å². The van der Waals surface area contributed by atoms with Crippen molar-refractivity contribution in [1.82, 2.24) is 19.9 Å². The molecule has 0 fully saturated rings. The maximum Gasteiger partial charge on any atom is 0.241 e. The summed E-state index contributed by atoms with van der Waals surface area (Å²) in [5.74, 6) is -0.190. The summed E-state index contributed by atoms with van der Waals surface area (Å²) in [5, 5.41) is 12.6. The predicted molar refractivity (Wildman–Crippen MR) is 113 cm³/mol. The lowest BCUT2D eigenvalue weighted by Gasteiger charge is -2.19. The molecule has 0 amide bonds. The second-order valence-corrected chi connectivity index (χ2v) is 9.60. The highest BCUT2D eigenvalue weighted by Crippen LogP contribution is 2.22. The van der Waals surface area contributed by atoms with Crippen LogP contribution in [0.2, 0.25) is 0 Å². The highest BCUT2D eigenvalue weighted by atomic mass is 32.2. The topological polar surface area (TPSA) is 130 Å². The number of halogens is 1. The fourth-order valence-electron chi connectivity index (χ4n) is 2.99. The molecule has 3 N–H and O–H groups in total. The van der Waals surface area contributed by atoms with Crippen LogP contribution in [0.25, 0.3) is 0 Å². The van der Waals surface area contributed by atoms with Gasteiger partial charge in [-0.25, -0.2) is 12.8 Å². The van der Waals surface area contributed by atoms with E-state index in [0.29, 0.717) is 18.0 Å². The highest BCUT2D eigenvalue weighted by Gasteiger charge is 2.19. The summed E-state index contributed by atoms with van der Waals surface area (Å²) >= 11 is 0. The molecule has 2 aromatic heterocycles. The summed E-state index contributed by atoms with van der Waals surface area (Å²) in [7, 11) is -3.61. The van der Waals surface area contributed by atoms with Gasteiger partial charge in [-0.05, 0) is 31.4 Å². The molecule has 2 atom stereocenters. The minimum absolute atomic E-state index is 0.135. The number of sulfonamides is 1. The van der Waals surface area contributed by atoms with Crippen molar-refractivity contribution in [2.45, 2.75) is 52.5 Å². The molecule has 2 unspecified atom stereocenters. The normalized spacial score (nSPS) is 13.9. The van der Waals surface area contributed by atoms with Crippen molar-refractivity contribution in [3.05, 3.63) is 35.2 Å². The van der Waals surface area contributed by atoms with E-state index in [2.05, 4.69) is 30.0 Å². The molecule has 2 heterocycles. The van der Waals surface area contributed by atoms with Gasteiger partial charge in [0.25, 0.3) is 0 Å². The smallest absolute Gasteiger partial charge is 0.241 e. The molecule has 0 saturated heterocycles. The van der Waals surface area contributed by atoms with Crippen LogP contribution in [0, 0.1) is 18.7 Å². The van der Waals surface area contributed by atoms with E-state index in [9.17, 15) is 17.9 Å². The summed E-state index contributed by atoms with van der Waals surface area (Å²) in [5.41, 5.74) is 0.978. The van der Waals surface area contributed by atoms with Crippen molar-refractivity contribution in [3.8, 4) is 0 Å². The van der Waals surface area contributed by atoms with Crippen LogP contribution in [0.5, 0.6) is 0 Å². The lowest BCUT2D eigenvalue weighted by atomic mass is 10.0. The van der Waals surface area contributed by atoms with Crippen LogP contribution in [0.4, 0.5) is 16.3 Å². The van der Waals surface area contributed by atoms with E-state index >= 15 is 0 Å². The van der Waals surface area contributed by atoms with E-state index in [1.807, 2.05) is 13.8 Å².